The van der Waals surface area contributed by atoms with E-state index in [9.17, 15) is 13.6 Å². The second-order valence-electron chi connectivity index (χ2n) is 6.68. The Kier molecular flexibility index (Phi) is 7.12. The van der Waals surface area contributed by atoms with Crippen molar-refractivity contribution < 1.29 is 18.4 Å². The number of benzene rings is 2. The van der Waals surface area contributed by atoms with E-state index in [2.05, 4.69) is 16.7 Å². The summed E-state index contributed by atoms with van der Waals surface area (Å²) < 4.78 is 32.2. The number of sulfonamides is 1. The van der Waals surface area contributed by atoms with Gasteiger partial charge in [0, 0.05) is 37.4 Å². The van der Waals surface area contributed by atoms with E-state index in [1.165, 1.54) is 4.31 Å². The quantitative estimate of drug-likeness (QED) is 0.550. The van der Waals surface area contributed by atoms with Crippen molar-refractivity contribution in [3.8, 4) is 17.6 Å². The third kappa shape index (κ3) is 5.71. The van der Waals surface area contributed by atoms with Crippen molar-refractivity contribution in [1.29, 1.82) is 0 Å². The van der Waals surface area contributed by atoms with Crippen molar-refractivity contribution in [2.75, 3.05) is 43.9 Å². The lowest BCUT2D eigenvalue weighted by atomic mass is 10.2. The summed E-state index contributed by atoms with van der Waals surface area (Å²) in [4.78, 5) is 2.14. The van der Waals surface area contributed by atoms with E-state index in [0.717, 1.165) is 17.0 Å². The first-order chi connectivity index (χ1) is 14.0. The van der Waals surface area contributed by atoms with Gasteiger partial charge in [0.05, 0.1) is 12.9 Å². The summed E-state index contributed by atoms with van der Waals surface area (Å²) in [6.45, 7) is 1.97. The van der Waals surface area contributed by atoms with E-state index >= 15 is 0 Å². The predicted octanol–water partition coefficient (Wildman–Crippen LogP) is 1.55. The number of piperazine rings is 1. The fraction of sp³-hybridized carbons (Fsp3) is 0.333. The molecule has 2 aromatic rings. The number of nitrogens with one attached hydrogen (secondary N) is 1. The molecule has 0 spiro atoms. The molecule has 1 unspecified atom stereocenters. The van der Waals surface area contributed by atoms with Crippen LogP contribution in [0.2, 0.25) is 0 Å². The van der Waals surface area contributed by atoms with Crippen LogP contribution in [-0.4, -0.2) is 63.0 Å². The number of nitrogens with zero attached hydrogens (tertiary/aromatic N) is 2. The molecule has 1 saturated heterocycles. The molecular formula is C21H25N3O4S. The van der Waals surface area contributed by atoms with Crippen LogP contribution >= 0.6 is 0 Å². The maximum absolute atomic E-state index is 12.8. The Morgan fingerprint density at radius 2 is 1.72 bits per heavy atom. The van der Waals surface area contributed by atoms with E-state index in [1.807, 2.05) is 60.1 Å². The SMILES string of the molecule is COc1ccc(N2CCN(S(=O)(=O)CC(C#Cc3ccccc3)NO)CC2)cc1. The third-order valence-corrected chi connectivity index (χ3v) is 6.67. The van der Waals surface area contributed by atoms with Gasteiger partial charge in [0.15, 0.2) is 0 Å². The highest BCUT2D eigenvalue weighted by atomic mass is 32.2. The van der Waals surface area contributed by atoms with E-state index in [1.54, 1.807) is 7.11 Å². The first kappa shape index (κ1) is 21.1. The summed E-state index contributed by atoms with van der Waals surface area (Å²) in [5, 5.41) is 9.35. The Balaban J connectivity index is 1.59. The molecule has 0 amide bonds. The zero-order chi connectivity index (χ0) is 20.7. The lowest BCUT2D eigenvalue weighted by Crippen LogP contribution is -2.51. The van der Waals surface area contributed by atoms with Gasteiger partial charge in [-0.05, 0) is 36.4 Å². The van der Waals surface area contributed by atoms with E-state index in [0.29, 0.717) is 26.2 Å². The van der Waals surface area contributed by atoms with Crippen LogP contribution in [0.4, 0.5) is 5.69 Å². The van der Waals surface area contributed by atoms with Crippen molar-refractivity contribution in [2.24, 2.45) is 0 Å². The van der Waals surface area contributed by atoms with Gasteiger partial charge < -0.3 is 14.8 Å². The zero-order valence-corrected chi connectivity index (χ0v) is 17.1. The Morgan fingerprint density at radius 1 is 1.07 bits per heavy atom. The van der Waals surface area contributed by atoms with Gasteiger partial charge in [-0.3, -0.25) is 0 Å². The average molecular weight is 416 g/mol. The van der Waals surface area contributed by atoms with Crippen LogP contribution in [0.15, 0.2) is 54.6 Å². The third-order valence-electron chi connectivity index (χ3n) is 4.77. The molecule has 1 aliphatic heterocycles. The van der Waals surface area contributed by atoms with Crippen LogP contribution in [-0.2, 0) is 10.0 Å². The minimum Gasteiger partial charge on any atom is -0.497 e. The minimum atomic E-state index is -3.55. The van der Waals surface area contributed by atoms with Crippen LogP contribution in [0, 0.1) is 11.8 Å². The Morgan fingerprint density at radius 3 is 2.31 bits per heavy atom. The van der Waals surface area contributed by atoms with Gasteiger partial charge in [0.2, 0.25) is 10.0 Å². The predicted molar refractivity (Wildman–Crippen MR) is 113 cm³/mol. The summed E-state index contributed by atoms with van der Waals surface area (Å²) in [6, 6.07) is 16.1. The highest BCUT2D eigenvalue weighted by molar-refractivity contribution is 7.89. The second kappa shape index (κ2) is 9.76. The fourth-order valence-corrected chi connectivity index (χ4v) is 4.65. The van der Waals surface area contributed by atoms with Crippen LogP contribution in [0.5, 0.6) is 5.75 Å². The molecule has 2 N–H and O–H groups in total. The van der Waals surface area contributed by atoms with Gasteiger partial charge >= 0.3 is 0 Å². The Labute approximate surface area is 171 Å². The summed E-state index contributed by atoms with van der Waals surface area (Å²) >= 11 is 0. The van der Waals surface area contributed by atoms with Crippen LogP contribution in [0.1, 0.15) is 5.56 Å². The standard InChI is InChI=1S/C21H25N3O4S/c1-28-21-11-9-20(10-12-21)23-13-15-24(16-14-23)29(26,27)17-19(22-25)8-7-18-5-3-2-4-6-18/h2-6,9-12,19,22,25H,13-17H2,1H3. The molecule has 8 heteroatoms. The molecule has 0 saturated carbocycles. The van der Waals surface area contributed by atoms with Gasteiger partial charge in [-0.1, -0.05) is 30.0 Å². The summed E-state index contributed by atoms with van der Waals surface area (Å²) in [7, 11) is -1.93. The summed E-state index contributed by atoms with van der Waals surface area (Å²) in [5.74, 6) is 6.17. The molecule has 0 bridgehead atoms. The molecular weight excluding hydrogens is 390 g/mol. The number of rotatable bonds is 6. The van der Waals surface area contributed by atoms with E-state index in [4.69, 9.17) is 4.74 Å². The number of anilines is 1. The molecule has 1 heterocycles. The molecule has 0 radical (unpaired) electrons. The van der Waals surface area contributed by atoms with Crippen LogP contribution in [0.3, 0.4) is 0 Å². The number of hydrogen-bond donors (Lipinski definition) is 2. The molecule has 29 heavy (non-hydrogen) atoms. The van der Waals surface area contributed by atoms with Gasteiger partial charge in [-0.2, -0.15) is 9.79 Å². The summed E-state index contributed by atoms with van der Waals surface area (Å²) in [5.41, 5.74) is 3.81. The van der Waals surface area contributed by atoms with Crippen molar-refractivity contribution in [3.63, 3.8) is 0 Å². The maximum atomic E-state index is 12.8. The van der Waals surface area contributed by atoms with Crippen molar-refractivity contribution in [2.45, 2.75) is 6.04 Å². The smallest absolute Gasteiger partial charge is 0.216 e. The van der Waals surface area contributed by atoms with Gasteiger partial charge in [-0.25, -0.2) is 8.42 Å². The minimum absolute atomic E-state index is 0.286. The van der Waals surface area contributed by atoms with Gasteiger partial charge in [0.1, 0.15) is 11.8 Å². The first-order valence-corrected chi connectivity index (χ1v) is 11.0. The monoisotopic (exact) mass is 415 g/mol. The fourth-order valence-electron chi connectivity index (χ4n) is 3.14. The molecule has 0 aromatic heterocycles. The van der Waals surface area contributed by atoms with E-state index < -0.39 is 16.1 Å². The highest BCUT2D eigenvalue weighted by Gasteiger charge is 2.29. The molecule has 3 rings (SSSR count). The molecule has 1 fully saturated rings. The average Bonchev–Trinajstić information content (AvgIpc) is 2.77. The molecule has 154 valence electrons. The summed E-state index contributed by atoms with van der Waals surface area (Å²) in [6.07, 6.45) is 0. The molecule has 1 aliphatic rings. The first-order valence-electron chi connectivity index (χ1n) is 9.35. The van der Waals surface area contributed by atoms with Crippen molar-refractivity contribution in [3.05, 3.63) is 60.2 Å². The number of ether oxygens (including phenoxy) is 1. The maximum Gasteiger partial charge on any atom is 0.216 e. The molecule has 2 aromatic carbocycles. The van der Waals surface area contributed by atoms with Crippen molar-refractivity contribution in [1.82, 2.24) is 9.79 Å². The number of methoxy groups -OCH3 is 1. The molecule has 1 atom stereocenters. The zero-order valence-electron chi connectivity index (χ0n) is 16.3. The molecule has 7 nitrogen and oxygen atoms in total. The van der Waals surface area contributed by atoms with Gasteiger partial charge in [0.25, 0.3) is 0 Å². The van der Waals surface area contributed by atoms with Gasteiger partial charge in [-0.15, -0.1) is 0 Å². The number of hydroxylamine groups is 1. The Hall–Kier alpha value is -2.57. The Bertz CT molecular complexity index is 945. The number of hydrogen-bond acceptors (Lipinski definition) is 6. The topological polar surface area (TPSA) is 82.1 Å². The van der Waals surface area contributed by atoms with Crippen molar-refractivity contribution >= 4 is 15.7 Å². The molecule has 0 aliphatic carbocycles. The largest absolute Gasteiger partial charge is 0.497 e. The normalized spacial score (nSPS) is 16.0. The highest BCUT2D eigenvalue weighted by Crippen LogP contribution is 2.21. The lowest BCUT2D eigenvalue weighted by molar-refractivity contribution is 0.153. The van der Waals surface area contributed by atoms with Crippen LogP contribution in [0.25, 0.3) is 0 Å². The lowest BCUT2D eigenvalue weighted by Gasteiger charge is -2.35. The second-order valence-corrected chi connectivity index (χ2v) is 8.69. The van der Waals surface area contributed by atoms with E-state index in [-0.39, 0.29) is 5.75 Å². The van der Waals surface area contributed by atoms with Crippen LogP contribution < -0.4 is 15.1 Å².